The van der Waals surface area contributed by atoms with Crippen molar-refractivity contribution in [2.24, 2.45) is 0 Å². The molecule has 0 spiro atoms. The Morgan fingerprint density at radius 3 is 2.55 bits per heavy atom. The lowest BCUT2D eigenvalue weighted by Gasteiger charge is -2.14. The Balaban J connectivity index is 1.85. The maximum Gasteiger partial charge on any atom is 0.344 e. The number of ether oxygens (including phenoxy) is 1. The molecule has 1 N–H and O–H groups in total. The fourth-order valence-corrected chi connectivity index (χ4v) is 4.15. The molecule has 1 amide bonds. The van der Waals surface area contributed by atoms with E-state index < -0.39 is 11.2 Å². The van der Waals surface area contributed by atoms with Gasteiger partial charge in [0, 0.05) is 5.39 Å². The van der Waals surface area contributed by atoms with Crippen LogP contribution in [0.25, 0.3) is 10.9 Å². The second-order valence-corrected chi connectivity index (χ2v) is 8.08. The number of nitrogens with one attached hydrogen (secondary N) is 1. The van der Waals surface area contributed by atoms with Crippen LogP contribution in [0.1, 0.15) is 53.7 Å². The Kier molecular flexibility index (Phi) is 7.12. The zero-order chi connectivity index (χ0) is 22.5. The van der Waals surface area contributed by atoms with Crippen LogP contribution in [0.5, 0.6) is 0 Å². The molecule has 1 aromatic carbocycles. The van der Waals surface area contributed by atoms with Crippen LogP contribution in [0.2, 0.25) is 0 Å². The van der Waals surface area contributed by atoms with Gasteiger partial charge in [-0.2, -0.15) is 0 Å². The van der Waals surface area contributed by atoms with E-state index in [0.29, 0.717) is 11.4 Å². The topological polar surface area (TPSA) is 98.5 Å². The largest absolute Gasteiger partial charge is 0.462 e. The molecule has 3 rings (SSSR count). The monoisotopic (exact) mass is 440 g/mol. The minimum absolute atomic E-state index is 0.0520. The molecule has 2 heterocycles. The second-order valence-electron chi connectivity index (χ2n) is 6.86. The van der Waals surface area contributed by atoms with Crippen molar-refractivity contribution in [1.29, 1.82) is 0 Å². The standard InChI is InChI=1S/C23H24N2O5S/c1-5-17(31-18-12-11-15-9-7-8-10-16(15)24-18)21(27)25-22-20(23(28)29-6-2)19(13(3)26)14(4)30-22/h7-12,17H,5-6H2,1-4H3,(H,25,27). The molecule has 0 fully saturated rings. The molecule has 8 heteroatoms. The summed E-state index contributed by atoms with van der Waals surface area (Å²) >= 11 is 1.32. The minimum Gasteiger partial charge on any atom is -0.462 e. The normalized spacial score (nSPS) is 11.9. The fourth-order valence-electron chi connectivity index (χ4n) is 3.23. The van der Waals surface area contributed by atoms with Crippen LogP contribution in [0.4, 0.5) is 5.88 Å². The van der Waals surface area contributed by atoms with Gasteiger partial charge in [0.2, 0.25) is 11.8 Å². The van der Waals surface area contributed by atoms with Gasteiger partial charge in [-0.1, -0.05) is 43.0 Å². The fraction of sp³-hybridized carbons (Fsp3) is 0.304. The number of esters is 1. The maximum atomic E-state index is 13.0. The average Bonchev–Trinajstić information content (AvgIpc) is 3.07. The Morgan fingerprint density at radius 2 is 1.87 bits per heavy atom. The van der Waals surface area contributed by atoms with Gasteiger partial charge in [-0.15, -0.1) is 0 Å². The third kappa shape index (κ3) is 4.96. The van der Waals surface area contributed by atoms with Crippen LogP contribution in [-0.4, -0.2) is 34.5 Å². The number of thioether (sulfide) groups is 1. The van der Waals surface area contributed by atoms with Crippen molar-refractivity contribution in [2.75, 3.05) is 11.9 Å². The molecule has 1 atom stereocenters. The number of anilines is 1. The number of aryl methyl sites for hydroxylation is 1. The quantitative estimate of drug-likeness (QED) is 0.298. The molecule has 0 radical (unpaired) electrons. The van der Waals surface area contributed by atoms with Crippen molar-refractivity contribution >= 4 is 46.2 Å². The summed E-state index contributed by atoms with van der Waals surface area (Å²) in [7, 11) is 0. The summed E-state index contributed by atoms with van der Waals surface area (Å²) in [5.74, 6) is -1.22. The summed E-state index contributed by atoms with van der Waals surface area (Å²) in [6.07, 6.45) is 0.527. The predicted octanol–water partition coefficient (Wildman–Crippen LogP) is 5.02. The minimum atomic E-state index is -0.711. The number of nitrogens with zero attached hydrogens (tertiary/aromatic N) is 1. The van der Waals surface area contributed by atoms with E-state index in [1.807, 2.05) is 43.3 Å². The van der Waals surface area contributed by atoms with Gasteiger partial charge in [-0.3, -0.25) is 14.9 Å². The van der Waals surface area contributed by atoms with E-state index in [2.05, 4.69) is 10.3 Å². The lowest BCUT2D eigenvalue weighted by atomic mass is 10.1. The molecule has 0 aliphatic carbocycles. The maximum absolute atomic E-state index is 13.0. The summed E-state index contributed by atoms with van der Waals surface area (Å²) in [6, 6.07) is 11.6. The number of aromatic nitrogens is 1. The second kappa shape index (κ2) is 9.78. The van der Waals surface area contributed by atoms with E-state index in [1.54, 1.807) is 13.8 Å². The Labute approximate surface area is 184 Å². The molecular weight excluding hydrogens is 416 g/mol. The highest BCUT2D eigenvalue weighted by Crippen LogP contribution is 2.31. The summed E-state index contributed by atoms with van der Waals surface area (Å²) in [5.41, 5.74) is 0.912. The first-order chi connectivity index (χ1) is 14.8. The molecule has 0 bridgehead atoms. The lowest BCUT2D eigenvalue weighted by molar-refractivity contribution is -0.115. The number of Topliss-reactive ketones (excluding diaryl/α,β-unsaturated/α-hetero) is 1. The highest BCUT2D eigenvalue weighted by molar-refractivity contribution is 8.00. The Hall–Kier alpha value is -3.13. The number of hydrogen-bond acceptors (Lipinski definition) is 7. The van der Waals surface area contributed by atoms with Crippen molar-refractivity contribution < 1.29 is 23.5 Å². The van der Waals surface area contributed by atoms with Crippen LogP contribution < -0.4 is 5.32 Å². The summed E-state index contributed by atoms with van der Waals surface area (Å²) in [6.45, 7) is 6.59. The number of benzene rings is 1. The number of para-hydroxylation sites is 1. The Morgan fingerprint density at radius 1 is 1.13 bits per heavy atom. The lowest BCUT2D eigenvalue weighted by Crippen LogP contribution is -2.25. The molecule has 0 aliphatic heterocycles. The number of carbonyl (C=O) groups excluding carboxylic acids is 3. The van der Waals surface area contributed by atoms with Crippen LogP contribution in [-0.2, 0) is 9.53 Å². The predicted molar refractivity (Wildman–Crippen MR) is 120 cm³/mol. The number of ketones is 1. The number of pyridine rings is 1. The van der Waals surface area contributed by atoms with Gasteiger partial charge in [0.15, 0.2) is 5.78 Å². The van der Waals surface area contributed by atoms with Gasteiger partial charge >= 0.3 is 5.97 Å². The Bertz CT molecular complexity index is 1140. The zero-order valence-electron chi connectivity index (χ0n) is 17.9. The number of furan rings is 1. The van der Waals surface area contributed by atoms with E-state index in [4.69, 9.17) is 9.15 Å². The first kappa shape index (κ1) is 22.6. The van der Waals surface area contributed by atoms with E-state index in [1.165, 1.54) is 18.7 Å². The third-order valence-electron chi connectivity index (χ3n) is 4.65. The number of fused-ring (bicyclic) bond motifs is 1. The first-order valence-corrected chi connectivity index (χ1v) is 10.9. The molecule has 0 saturated carbocycles. The van der Waals surface area contributed by atoms with Crippen molar-refractivity contribution in [3.05, 3.63) is 53.3 Å². The van der Waals surface area contributed by atoms with Crippen molar-refractivity contribution in [3.63, 3.8) is 0 Å². The van der Waals surface area contributed by atoms with Crippen LogP contribution in [0, 0.1) is 6.92 Å². The number of rotatable bonds is 8. The van der Waals surface area contributed by atoms with Crippen molar-refractivity contribution in [3.8, 4) is 0 Å². The van der Waals surface area contributed by atoms with Gasteiger partial charge in [0.05, 0.1) is 28.0 Å². The molecule has 0 aliphatic rings. The SMILES string of the molecule is CCOC(=O)c1c(NC(=O)C(CC)Sc2ccc3ccccc3n2)oc(C)c1C(C)=O. The van der Waals surface area contributed by atoms with Gasteiger partial charge < -0.3 is 9.15 Å². The smallest absolute Gasteiger partial charge is 0.344 e. The molecular formula is C23H24N2O5S. The van der Waals surface area contributed by atoms with E-state index in [0.717, 1.165) is 10.9 Å². The summed E-state index contributed by atoms with van der Waals surface area (Å²) in [4.78, 5) is 42.1. The number of carbonyl (C=O) groups is 3. The molecule has 7 nitrogen and oxygen atoms in total. The van der Waals surface area contributed by atoms with Crippen LogP contribution in [0.3, 0.4) is 0 Å². The van der Waals surface area contributed by atoms with Gasteiger partial charge in [0.1, 0.15) is 11.3 Å². The summed E-state index contributed by atoms with van der Waals surface area (Å²) < 4.78 is 10.6. The summed E-state index contributed by atoms with van der Waals surface area (Å²) in [5, 5.41) is 3.92. The van der Waals surface area contributed by atoms with Gasteiger partial charge in [-0.05, 0) is 39.3 Å². The molecule has 1 unspecified atom stereocenters. The first-order valence-electron chi connectivity index (χ1n) is 10.00. The molecule has 2 aromatic heterocycles. The average molecular weight is 441 g/mol. The van der Waals surface area contributed by atoms with E-state index >= 15 is 0 Å². The molecule has 31 heavy (non-hydrogen) atoms. The highest BCUT2D eigenvalue weighted by atomic mass is 32.2. The van der Waals surface area contributed by atoms with Crippen molar-refractivity contribution in [1.82, 2.24) is 4.98 Å². The third-order valence-corrected chi connectivity index (χ3v) is 5.95. The molecule has 3 aromatic rings. The zero-order valence-corrected chi connectivity index (χ0v) is 18.7. The highest BCUT2D eigenvalue weighted by Gasteiger charge is 2.30. The van der Waals surface area contributed by atoms with Crippen LogP contribution in [0.15, 0.2) is 45.8 Å². The molecule has 0 saturated heterocycles. The van der Waals surface area contributed by atoms with Gasteiger partial charge in [-0.25, -0.2) is 9.78 Å². The number of amides is 1. The number of hydrogen-bond donors (Lipinski definition) is 1. The van der Waals surface area contributed by atoms with Crippen LogP contribution >= 0.6 is 11.8 Å². The van der Waals surface area contributed by atoms with E-state index in [9.17, 15) is 14.4 Å². The van der Waals surface area contributed by atoms with E-state index in [-0.39, 0.29) is 41.1 Å². The molecule has 162 valence electrons. The van der Waals surface area contributed by atoms with Gasteiger partial charge in [0.25, 0.3) is 0 Å². The van der Waals surface area contributed by atoms with Crippen molar-refractivity contribution in [2.45, 2.75) is 44.4 Å².